The van der Waals surface area contributed by atoms with Crippen molar-refractivity contribution in [1.82, 2.24) is 20.9 Å². The zero-order valence-electron chi connectivity index (χ0n) is 15.8. The Morgan fingerprint density at radius 1 is 1.19 bits per heavy atom. The van der Waals surface area contributed by atoms with Gasteiger partial charge >= 0.3 is 0 Å². The first-order valence-electron chi connectivity index (χ1n) is 9.33. The van der Waals surface area contributed by atoms with E-state index in [9.17, 15) is 4.79 Å². The molecule has 0 radical (unpaired) electrons. The quantitative estimate of drug-likeness (QED) is 0.466. The van der Waals surface area contributed by atoms with Crippen LogP contribution < -0.4 is 16.0 Å². The molecule has 3 N–H and O–H groups in total. The van der Waals surface area contributed by atoms with Gasteiger partial charge in [0, 0.05) is 38.8 Å². The second-order valence-electron chi connectivity index (χ2n) is 6.34. The Balaban J connectivity index is 1.74. The van der Waals surface area contributed by atoms with E-state index in [1.165, 1.54) is 0 Å². The number of morpholine rings is 1. The first-order chi connectivity index (χ1) is 12.7. The smallest absolute Gasteiger partial charge is 0.242 e. The number of rotatable bonds is 8. The van der Waals surface area contributed by atoms with Crippen LogP contribution in [0.1, 0.15) is 19.4 Å². The molecule has 1 saturated heterocycles. The van der Waals surface area contributed by atoms with Crippen LogP contribution in [0.4, 0.5) is 0 Å². The summed E-state index contributed by atoms with van der Waals surface area (Å²) in [6.07, 6.45) is 0. The van der Waals surface area contributed by atoms with E-state index in [1.54, 1.807) is 0 Å². The molecule has 7 heteroatoms. The van der Waals surface area contributed by atoms with Crippen LogP contribution >= 0.6 is 0 Å². The summed E-state index contributed by atoms with van der Waals surface area (Å²) in [5.74, 6) is 0.578. The molecule has 0 aromatic heterocycles. The maximum atomic E-state index is 12.0. The Hall–Kier alpha value is -2.12. The number of carbonyl (C=O) groups excluding carboxylic acids is 1. The zero-order chi connectivity index (χ0) is 18.6. The Kier molecular flexibility index (Phi) is 8.92. The maximum absolute atomic E-state index is 12.0. The Morgan fingerprint density at radius 3 is 2.62 bits per heavy atom. The molecule has 7 nitrogen and oxygen atoms in total. The number of nitrogens with zero attached hydrogens (tertiary/aromatic N) is 2. The predicted octanol–water partition coefficient (Wildman–Crippen LogP) is 0.579. The summed E-state index contributed by atoms with van der Waals surface area (Å²) in [5, 5.41) is 9.40. The molecule has 2 rings (SSSR count). The number of nitrogens with one attached hydrogen (secondary N) is 3. The van der Waals surface area contributed by atoms with Crippen molar-refractivity contribution in [2.75, 3.05) is 45.9 Å². The van der Waals surface area contributed by atoms with Crippen molar-refractivity contribution >= 4 is 11.9 Å². The van der Waals surface area contributed by atoms with Crippen LogP contribution in [0.25, 0.3) is 0 Å². The lowest BCUT2D eigenvalue weighted by Crippen LogP contribution is -2.49. The Bertz CT molecular complexity index is 558. The molecule has 26 heavy (non-hydrogen) atoms. The Labute approximate surface area is 156 Å². The minimum Gasteiger partial charge on any atom is -0.379 e. The summed E-state index contributed by atoms with van der Waals surface area (Å²) in [7, 11) is 0. The molecule has 0 aliphatic carbocycles. The minimum atomic E-state index is -0.0905. The SMILES string of the molecule is CCNC(=NCC(=O)NCc1ccccc1)NCC(C)N1CCOCC1. The van der Waals surface area contributed by atoms with Crippen molar-refractivity contribution in [2.24, 2.45) is 4.99 Å². The number of benzene rings is 1. The van der Waals surface area contributed by atoms with Crippen molar-refractivity contribution in [1.29, 1.82) is 0 Å². The van der Waals surface area contributed by atoms with Crippen LogP contribution in [-0.2, 0) is 16.1 Å². The summed E-state index contributed by atoms with van der Waals surface area (Å²) in [4.78, 5) is 18.8. The lowest BCUT2D eigenvalue weighted by Gasteiger charge is -2.32. The molecule has 144 valence electrons. The third kappa shape index (κ3) is 7.41. The van der Waals surface area contributed by atoms with Gasteiger partial charge in [0.15, 0.2) is 5.96 Å². The van der Waals surface area contributed by atoms with Crippen molar-refractivity contribution in [2.45, 2.75) is 26.4 Å². The molecular formula is C19H31N5O2. The Morgan fingerprint density at radius 2 is 1.92 bits per heavy atom. The zero-order valence-corrected chi connectivity index (χ0v) is 15.8. The monoisotopic (exact) mass is 361 g/mol. The predicted molar refractivity (Wildman–Crippen MR) is 104 cm³/mol. The third-order valence-electron chi connectivity index (χ3n) is 4.29. The number of ether oxygens (including phenoxy) is 1. The first kappa shape index (κ1) is 20.2. The van der Waals surface area contributed by atoms with E-state index in [2.05, 4.69) is 32.8 Å². The molecule has 1 aromatic carbocycles. The van der Waals surface area contributed by atoms with Crippen LogP contribution in [0.5, 0.6) is 0 Å². The number of amides is 1. The van der Waals surface area contributed by atoms with Crippen molar-refractivity contribution in [3.63, 3.8) is 0 Å². The molecule has 0 saturated carbocycles. The second kappa shape index (κ2) is 11.5. The molecule has 1 heterocycles. The third-order valence-corrected chi connectivity index (χ3v) is 4.29. The number of carbonyl (C=O) groups is 1. The molecule has 0 spiro atoms. The highest BCUT2D eigenvalue weighted by atomic mass is 16.5. The first-order valence-corrected chi connectivity index (χ1v) is 9.33. The van der Waals surface area contributed by atoms with Crippen LogP contribution in [0.2, 0.25) is 0 Å². The fourth-order valence-electron chi connectivity index (χ4n) is 2.74. The fourth-order valence-corrected chi connectivity index (χ4v) is 2.74. The lowest BCUT2D eigenvalue weighted by molar-refractivity contribution is -0.119. The standard InChI is InChI=1S/C19H31N5O2/c1-3-20-19(22-13-16(2)24-9-11-26-12-10-24)23-15-18(25)21-14-17-7-5-4-6-8-17/h4-8,16H,3,9-15H2,1-2H3,(H,21,25)(H2,20,22,23). The van der Waals surface area contributed by atoms with Gasteiger partial charge in [0.1, 0.15) is 6.54 Å². The molecule has 1 aliphatic rings. The van der Waals surface area contributed by atoms with Crippen LogP contribution in [0, 0.1) is 0 Å². The topological polar surface area (TPSA) is 78.0 Å². The number of aliphatic imine (C=N–C) groups is 1. The highest BCUT2D eigenvalue weighted by molar-refractivity contribution is 5.84. The van der Waals surface area contributed by atoms with Crippen LogP contribution in [0.3, 0.4) is 0 Å². The number of hydrogen-bond acceptors (Lipinski definition) is 4. The minimum absolute atomic E-state index is 0.0905. The van der Waals surface area contributed by atoms with Gasteiger partial charge < -0.3 is 20.7 Å². The van der Waals surface area contributed by atoms with Gasteiger partial charge in [0.05, 0.1) is 13.2 Å². The van der Waals surface area contributed by atoms with Gasteiger partial charge in [-0.2, -0.15) is 0 Å². The van der Waals surface area contributed by atoms with Crippen molar-refractivity contribution in [3.8, 4) is 0 Å². The normalized spacial score (nSPS) is 16.8. The molecule has 1 amide bonds. The van der Waals surface area contributed by atoms with E-state index in [-0.39, 0.29) is 12.5 Å². The lowest BCUT2D eigenvalue weighted by atomic mass is 10.2. The fraction of sp³-hybridized carbons (Fsp3) is 0.579. The summed E-state index contributed by atoms with van der Waals surface area (Å²) >= 11 is 0. The van der Waals surface area contributed by atoms with Crippen LogP contribution in [-0.4, -0.2) is 68.7 Å². The summed E-state index contributed by atoms with van der Waals surface area (Å²) < 4.78 is 5.39. The number of hydrogen-bond donors (Lipinski definition) is 3. The highest BCUT2D eigenvalue weighted by Crippen LogP contribution is 2.02. The summed E-state index contributed by atoms with van der Waals surface area (Å²) in [6.45, 7) is 9.85. The van der Waals surface area contributed by atoms with Gasteiger partial charge in [0.25, 0.3) is 0 Å². The maximum Gasteiger partial charge on any atom is 0.242 e. The van der Waals surface area contributed by atoms with Crippen LogP contribution in [0.15, 0.2) is 35.3 Å². The molecule has 1 aromatic rings. The van der Waals surface area contributed by atoms with E-state index in [1.807, 2.05) is 37.3 Å². The number of guanidine groups is 1. The average Bonchev–Trinajstić information content (AvgIpc) is 2.69. The van der Waals surface area contributed by atoms with Crippen molar-refractivity contribution < 1.29 is 9.53 Å². The molecule has 0 bridgehead atoms. The van der Waals surface area contributed by atoms with E-state index >= 15 is 0 Å². The summed E-state index contributed by atoms with van der Waals surface area (Å²) in [6, 6.07) is 10.2. The van der Waals surface area contributed by atoms with E-state index < -0.39 is 0 Å². The van der Waals surface area contributed by atoms with Gasteiger partial charge in [-0.3, -0.25) is 9.69 Å². The second-order valence-corrected chi connectivity index (χ2v) is 6.34. The molecular weight excluding hydrogens is 330 g/mol. The van der Waals surface area contributed by atoms with E-state index in [4.69, 9.17) is 4.74 Å². The average molecular weight is 361 g/mol. The van der Waals surface area contributed by atoms with E-state index in [0.29, 0.717) is 18.5 Å². The van der Waals surface area contributed by atoms with Gasteiger partial charge in [-0.05, 0) is 19.4 Å². The van der Waals surface area contributed by atoms with Gasteiger partial charge in [-0.25, -0.2) is 4.99 Å². The van der Waals surface area contributed by atoms with Gasteiger partial charge in [-0.1, -0.05) is 30.3 Å². The van der Waals surface area contributed by atoms with Gasteiger partial charge in [0.2, 0.25) is 5.91 Å². The summed E-state index contributed by atoms with van der Waals surface area (Å²) in [5.41, 5.74) is 1.08. The van der Waals surface area contributed by atoms with Gasteiger partial charge in [-0.15, -0.1) is 0 Å². The van der Waals surface area contributed by atoms with Crippen molar-refractivity contribution in [3.05, 3.63) is 35.9 Å². The van der Waals surface area contributed by atoms with E-state index in [0.717, 1.165) is 45.0 Å². The molecule has 1 unspecified atom stereocenters. The molecule has 1 aliphatic heterocycles. The largest absolute Gasteiger partial charge is 0.379 e. The molecule has 1 atom stereocenters. The highest BCUT2D eigenvalue weighted by Gasteiger charge is 2.17. The molecule has 1 fully saturated rings.